The number of nitro groups is 1. The van der Waals surface area contributed by atoms with E-state index in [2.05, 4.69) is 0 Å². The standard InChI is InChI=1S/C13H16N2O5/c1-8(2)12(13(17)18)14(7-16)10-4-5-11(15(19)20)9(3)6-10/h4-8,12H,1-3H3,(H,17,18). The molecule has 0 aliphatic carbocycles. The summed E-state index contributed by atoms with van der Waals surface area (Å²) in [5.41, 5.74) is 0.618. The number of hydrogen-bond acceptors (Lipinski definition) is 4. The number of carboxylic acid groups (broad SMARTS) is 1. The van der Waals surface area contributed by atoms with Crippen LogP contribution in [0.25, 0.3) is 0 Å². The number of aliphatic carboxylic acids is 1. The van der Waals surface area contributed by atoms with Gasteiger partial charge in [0.15, 0.2) is 0 Å². The van der Waals surface area contributed by atoms with E-state index in [0.29, 0.717) is 17.7 Å². The zero-order chi connectivity index (χ0) is 15.4. The second-order valence-corrected chi connectivity index (χ2v) is 4.77. The van der Waals surface area contributed by atoms with Gasteiger partial charge in [0.1, 0.15) is 6.04 Å². The van der Waals surface area contributed by atoms with Gasteiger partial charge in [-0.1, -0.05) is 13.8 Å². The second-order valence-electron chi connectivity index (χ2n) is 4.77. The average Bonchev–Trinajstić information content (AvgIpc) is 2.33. The molecule has 7 nitrogen and oxygen atoms in total. The molecule has 1 atom stereocenters. The van der Waals surface area contributed by atoms with Crippen LogP contribution in [0.3, 0.4) is 0 Å². The van der Waals surface area contributed by atoms with Crippen LogP contribution in [0, 0.1) is 23.0 Å². The predicted molar refractivity (Wildman–Crippen MR) is 72.6 cm³/mol. The van der Waals surface area contributed by atoms with E-state index in [4.69, 9.17) is 0 Å². The first kappa shape index (κ1) is 15.6. The molecule has 0 radical (unpaired) electrons. The van der Waals surface area contributed by atoms with Gasteiger partial charge in [0.2, 0.25) is 6.41 Å². The summed E-state index contributed by atoms with van der Waals surface area (Å²) in [5, 5.41) is 20.0. The number of rotatable bonds is 6. The van der Waals surface area contributed by atoms with E-state index in [-0.39, 0.29) is 11.6 Å². The minimum atomic E-state index is -1.12. The van der Waals surface area contributed by atoms with Crippen LogP contribution < -0.4 is 4.90 Å². The Kier molecular flexibility index (Phi) is 4.79. The van der Waals surface area contributed by atoms with Crippen LogP contribution >= 0.6 is 0 Å². The smallest absolute Gasteiger partial charge is 0.327 e. The number of carbonyl (C=O) groups is 2. The van der Waals surface area contributed by atoms with Crippen molar-refractivity contribution in [1.82, 2.24) is 0 Å². The first-order valence-electron chi connectivity index (χ1n) is 6.01. The number of nitrogens with zero attached hydrogens (tertiary/aromatic N) is 2. The summed E-state index contributed by atoms with van der Waals surface area (Å²) in [6.07, 6.45) is 0.430. The molecule has 7 heteroatoms. The van der Waals surface area contributed by atoms with Gasteiger partial charge >= 0.3 is 5.97 Å². The molecule has 108 valence electrons. The van der Waals surface area contributed by atoms with Crippen molar-refractivity contribution in [3.05, 3.63) is 33.9 Å². The van der Waals surface area contributed by atoms with Crippen LogP contribution in [0.5, 0.6) is 0 Å². The maximum absolute atomic E-state index is 11.3. The van der Waals surface area contributed by atoms with Crippen LogP contribution in [0.4, 0.5) is 11.4 Å². The summed E-state index contributed by atoms with van der Waals surface area (Å²) in [5.74, 6) is -1.42. The van der Waals surface area contributed by atoms with Crippen molar-refractivity contribution in [3.8, 4) is 0 Å². The minimum absolute atomic E-state index is 0.0731. The van der Waals surface area contributed by atoms with Gasteiger partial charge in [-0.2, -0.15) is 0 Å². The van der Waals surface area contributed by atoms with E-state index >= 15 is 0 Å². The third-order valence-electron chi connectivity index (χ3n) is 2.97. The molecule has 0 aliphatic heterocycles. The zero-order valence-electron chi connectivity index (χ0n) is 11.4. The maximum atomic E-state index is 11.3. The molecule has 0 saturated heterocycles. The number of amides is 1. The van der Waals surface area contributed by atoms with Crippen LogP contribution in [-0.2, 0) is 9.59 Å². The second kappa shape index (κ2) is 6.14. The molecule has 1 N–H and O–H groups in total. The van der Waals surface area contributed by atoms with Gasteiger partial charge in [0, 0.05) is 17.3 Å². The largest absolute Gasteiger partial charge is 0.480 e. The molecule has 1 unspecified atom stereocenters. The molecule has 20 heavy (non-hydrogen) atoms. The van der Waals surface area contributed by atoms with Gasteiger partial charge in [-0.15, -0.1) is 0 Å². The summed E-state index contributed by atoms with van der Waals surface area (Å²) >= 11 is 0. The topological polar surface area (TPSA) is 101 Å². The lowest BCUT2D eigenvalue weighted by Crippen LogP contribution is -2.44. The number of carboxylic acids is 1. The Morgan fingerprint density at radius 3 is 2.40 bits per heavy atom. The van der Waals surface area contributed by atoms with Crippen molar-refractivity contribution >= 4 is 23.8 Å². The van der Waals surface area contributed by atoms with Crippen LogP contribution in [0.1, 0.15) is 19.4 Å². The summed E-state index contributed by atoms with van der Waals surface area (Å²) in [6, 6.07) is 3.05. The number of benzene rings is 1. The van der Waals surface area contributed by atoms with E-state index in [0.717, 1.165) is 4.90 Å². The molecule has 0 bridgehead atoms. The van der Waals surface area contributed by atoms with Crippen molar-refractivity contribution < 1.29 is 19.6 Å². The minimum Gasteiger partial charge on any atom is -0.480 e. The molecular formula is C13H16N2O5. The third kappa shape index (κ3) is 3.11. The van der Waals surface area contributed by atoms with Crippen LogP contribution in [0.2, 0.25) is 0 Å². The molecule has 0 aromatic heterocycles. The molecule has 0 heterocycles. The summed E-state index contributed by atoms with van der Waals surface area (Å²) < 4.78 is 0. The Labute approximate surface area is 116 Å². The van der Waals surface area contributed by atoms with Crippen molar-refractivity contribution in [1.29, 1.82) is 0 Å². The highest BCUT2D eigenvalue weighted by Crippen LogP contribution is 2.26. The monoisotopic (exact) mass is 280 g/mol. The normalized spacial score (nSPS) is 12.0. The van der Waals surface area contributed by atoms with Gasteiger partial charge in [0.05, 0.1) is 4.92 Å². The highest BCUT2D eigenvalue weighted by molar-refractivity contribution is 5.88. The summed E-state index contributed by atoms with van der Waals surface area (Å²) in [7, 11) is 0. The van der Waals surface area contributed by atoms with Crippen molar-refractivity contribution in [2.24, 2.45) is 5.92 Å². The molecule has 1 rings (SSSR count). The van der Waals surface area contributed by atoms with Gasteiger partial charge in [-0.3, -0.25) is 14.9 Å². The molecule has 0 fully saturated rings. The highest BCUT2D eigenvalue weighted by Gasteiger charge is 2.29. The molecule has 0 aliphatic rings. The number of nitro benzene ring substituents is 1. The van der Waals surface area contributed by atoms with E-state index < -0.39 is 16.9 Å². The van der Waals surface area contributed by atoms with E-state index in [1.807, 2.05) is 0 Å². The van der Waals surface area contributed by atoms with Crippen molar-refractivity contribution in [2.45, 2.75) is 26.8 Å². The Morgan fingerprint density at radius 2 is 2.05 bits per heavy atom. The Bertz CT molecular complexity index is 542. The van der Waals surface area contributed by atoms with Crippen molar-refractivity contribution in [3.63, 3.8) is 0 Å². The molecular weight excluding hydrogens is 264 g/mol. The fraction of sp³-hybridized carbons (Fsp3) is 0.385. The first-order valence-corrected chi connectivity index (χ1v) is 6.01. The van der Waals surface area contributed by atoms with Crippen molar-refractivity contribution in [2.75, 3.05) is 4.90 Å². The highest BCUT2D eigenvalue weighted by atomic mass is 16.6. The van der Waals surface area contributed by atoms with E-state index in [1.54, 1.807) is 13.8 Å². The number of carbonyl (C=O) groups excluding carboxylic acids is 1. The maximum Gasteiger partial charge on any atom is 0.327 e. The zero-order valence-corrected chi connectivity index (χ0v) is 11.4. The van der Waals surface area contributed by atoms with Crippen LogP contribution in [0.15, 0.2) is 18.2 Å². The third-order valence-corrected chi connectivity index (χ3v) is 2.97. The predicted octanol–water partition coefficient (Wildman–Crippen LogP) is 1.98. The molecule has 1 aromatic rings. The molecule has 0 spiro atoms. The quantitative estimate of drug-likeness (QED) is 0.487. The fourth-order valence-corrected chi connectivity index (χ4v) is 2.02. The molecule has 0 saturated carbocycles. The summed E-state index contributed by atoms with van der Waals surface area (Å²) in [4.78, 5) is 33.8. The average molecular weight is 280 g/mol. The Hall–Kier alpha value is -2.44. The van der Waals surface area contributed by atoms with E-state index in [9.17, 15) is 24.8 Å². The number of aryl methyl sites for hydroxylation is 1. The molecule has 1 amide bonds. The van der Waals surface area contributed by atoms with Gasteiger partial charge < -0.3 is 10.0 Å². The lowest BCUT2D eigenvalue weighted by atomic mass is 10.0. The Morgan fingerprint density at radius 1 is 1.45 bits per heavy atom. The SMILES string of the molecule is Cc1cc(N(C=O)C(C(=O)O)C(C)C)ccc1[N+](=O)[O-]. The van der Waals surface area contributed by atoms with Gasteiger partial charge in [-0.25, -0.2) is 4.79 Å². The fourth-order valence-electron chi connectivity index (χ4n) is 2.02. The summed E-state index contributed by atoms with van der Waals surface area (Å²) in [6.45, 7) is 4.91. The number of hydrogen-bond donors (Lipinski definition) is 1. The van der Waals surface area contributed by atoms with Gasteiger partial charge in [-0.05, 0) is 25.0 Å². The van der Waals surface area contributed by atoms with Gasteiger partial charge in [0.25, 0.3) is 5.69 Å². The lowest BCUT2D eigenvalue weighted by Gasteiger charge is -2.28. The van der Waals surface area contributed by atoms with Crippen LogP contribution in [-0.4, -0.2) is 28.5 Å². The Balaban J connectivity index is 3.25. The number of anilines is 1. The van der Waals surface area contributed by atoms with E-state index in [1.165, 1.54) is 25.1 Å². The first-order chi connectivity index (χ1) is 9.29. The lowest BCUT2D eigenvalue weighted by molar-refractivity contribution is -0.385. The molecule has 1 aromatic carbocycles.